The molecule has 5 amide bonds. The second-order valence-corrected chi connectivity index (χ2v) is 9.11. The van der Waals surface area contributed by atoms with Crippen molar-refractivity contribution in [1.29, 1.82) is 0 Å². The number of anilines is 1. The van der Waals surface area contributed by atoms with Crippen molar-refractivity contribution in [1.82, 2.24) is 19.8 Å². The number of benzene rings is 2. The van der Waals surface area contributed by atoms with Gasteiger partial charge in [-0.15, -0.1) is 0 Å². The Morgan fingerprint density at radius 3 is 2.36 bits per heavy atom. The predicted molar refractivity (Wildman–Crippen MR) is 126 cm³/mol. The molecule has 2 heterocycles. The maximum absolute atomic E-state index is 13.5. The lowest BCUT2D eigenvalue weighted by Gasteiger charge is -2.43. The van der Waals surface area contributed by atoms with Gasteiger partial charge in [-0.25, -0.2) is 19.6 Å². The number of fused-ring (bicyclic) bond motifs is 1. The van der Waals surface area contributed by atoms with Crippen LogP contribution in [-0.4, -0.2) is 64.1 Å². The summed E-state index contributed by atoms with van der Waals surface area (Å²) in [7, 11) is 1.57. The summed E-state index contributed by atoms with van der Waals surface area (Å²) in [5.74, 6) is 0.320. The van der Waals surface area contributed by atoms with Gasteiger partial charge in [0.2, 0.25) is 5.91 Å². The van der Waals surface area contributed by atoms with Gasteiger partial charge in [0, 0.05) is 19.3 Å². The van der Waals surface area contributed by atoms with E-state index in [4.69, 9.17) is 0 Å². The zero-order valence-corrected chi connectivity index (χ0v) is 19.6. The van der Waals surface area contributed by atoms with Crippen LogP contribution in [0, 0.1) is 12.8 Å². The molecule has 174 valence electrons. The van der Waals surface area contributed by atoms with E-state index in [2.05, 4.69) is 19.2 Å². The van der Waals surface area contributed by atoms with Crippen molar-refractivity contribution in [2.75, 3.05) is 25.5 Å². The van der Waals surface area contributed by atoms with E-state index in [1.807, 2.05) is 61.5 Å². The van der Waals surface area contributed by atoms with Crippen LogP contribution in [0.1, 0.15) is 37.4 Å². The number of nitrogens with zero attached hydrogens (tertiary/aromatic N) is 4. The molecule has 2 aliphatic heterocycles. The SMILES string of the molecule is Cc1ccc(NC(=O)N2C3CN(CCC(C)C)C(=O)[C@H](c4ccccc4)N3C(=O)N2C)cc1. The van der Waals surface area contributed by atoms with Crippen LogP contribution >= 0.6 is 0 Å². The lowest BCUT2D eigenvalue weighted by molar-refractivity contribution is -0.145. The molecule has 1 N–H and O–H groups in total. The maximum atomic E-state index is 13.5. The lowest BCUT2D eigenvalue weighted by Crippen LogP contribution is -2.60. The summed E-state index contributed by atoms with van der Waals surface area (Å²) >= 11 is 0. The van der Waals surface area contributed by atoms with E-state index in [9.17, 15) is 14.4 Å². The minimum atomic E-state index is -0.774. The number of urea groups is 2. The zero-order valence-electron chi connectivity index (χ0n) is 19.6. The molecule has 2 aromatic rings. The van der Waals surface area contributed by atoms with E-state index in [0.717, 1.165) is 17.5 Å². The molecule has 2 fully saturated rings. The maximum Gasteiger partial charge on any atom is 0.342 e. The zero-order chi connectivity index (χ0) is 23.7. The summed E-state index contributed by atoms with van der Waals surface area (Å²) in [6, 6.07) is 15.2. The van der Waals surface area contributed by atoms with Crippen LogP contribution in [0.2, 0.25) is 0 Å². The molecule has 0 saturated carbocycles. The van der Waals surface area contributed by atoms with Gasteiger partial charge in [0.1, 0.15) is 12.2 Å². The van der Waals surface area contributed by atoms with Crippen LogP contribution in [0.25, 0.3) is 0 Å². The number of hydrogen-bond acceptors (Lipinski definition) is 3. The van der Waals surface area contributed by atoms with Crippen molar-refractivity contribution < 1.29 is 14.4 Å². The first kappa shape index (κ1) is 22.6. The molecule has 4 rings (SSSR count). The minimum Gasteiger partial charge on any atom is -0.337 e. The molecule has 8 nitrogen and oxygen atoms in total. The van der Waals surface area contributed by atoms with E-state index in [1.165, 1.54) is 14.9 Å². The van der Waals surface area contributed by atoms with Crippen LogP contribution in [0.5, 0.6) is 0 Å². The van der Waals surface area contributed by atoms with E-state index in [0.29, 0.717) is 18.2 Å². The first-order valence-corrected chi connectivity index (χ1v) is 11.3. The smallest absolute Gasteiger partial charge is 0.337 e. The Kier molecular flexibility index (Phi) is 6.26. The van der Waals surface area contributed by atoms with E-state index < -0.39 is 18.2 Å². The highest BCUT2D eigenvalue weighted by Crippen LogP contribution is 2.37. The fourth-order valence-corrected chi connectivity index (χ4v) is 4.37. The highest BCUT2D eigenvalue weighted by Gasteiger charge is 2.54. The van der Waals surface area contributed by atoms with Gasteiger partial charge in [-0.1, -0.05) is 61.9 Å². The third kappa shape index (κ3) is 4.37. The Balaban J connectivity index is 1.67. The number of nitrogens with one attached hydrogen (secondary N) is 1. The molecule has 0 bridgehead atoms. The first-order valence-electron chi connectivity index (χ1n) is 11.3. The molecule has 1 unspecified atom stereocenters. The molecule has 33 heavy (non-hydrogen) atoms. The van der Waals surface area contributed by atoms with Gasteiger partial charge < -0.3 is 10.2 Å². The van der Waals surface area contributed by atoms with Gasteiger partial charge in [-0.3, -0.25) is 9.69 Å². The number of carbonyl (C=O) groups excluding carboxylic acids is 3. The third-order valence-corrected chi connectivity index (χ3v) is 6.23. The van der Waals surface area contributed by atoms with Gasteiger partial charge in [-0.05, 0) is 37.0 Å². The Bertz CT molecular complexity index is 1020. The lowest BCUT2D eigenvalue weighted by atomic mass is 10.00. The second-order valence-electron chi connectivity index (χ2n) is 9.11. The number of hydrogen-bond donors (Lipinski definition) is 1. The molecule has 0 aromatic heterocycles. The van der Waals surface area contributed by atoms with Crippen molar-refractivity contribution in [2.45, 2.75) is 39.4 Å². The number of rotatable bonds is 5. The summed E-state index contributed by atoms with van der Waals surface area (Å²) < 4.78 is 0. The average molecular weight is 450 g/mol. The summed E-state index contributed by atoms with van der Waals surface area (Å²) in [5, 5.41) is 5.62. The van der Waals surface area contributed by atoms with Gasteiger partial charge in [0.25, 0.3) is 0 Å². The summed E-state index contributed by atoms with van der Waals surface area (Å²) in [6.07, 6.45) is 0.252. The van der Waals surface area contributed by atoms with Crippen LogP contribution < -0.4 is 5.32 Å². The predicted octanol–water partition coefficient (Wildman–Crippen LogP) is 4.07. The van der Waals surface area contributed by atoms with E-state index in [1.54, 1.807) is 11.9 Å². The summed E-state index contributed by atoms with van der Waals surface area (Å²) in [4.78, 5) is 43.5. The number of aryl methyl sites for hydroxylation is 1. The number of hydrazine groups is 1. The second kappa shape index (κ2) is 9.13. The molecule has 2 aromatic carbocycles. The Hall–Kier alpha value is -3.55. The molecule has 0 radical (unpaired) electrons. The van der Waals surface area contributed by atoms with Crippen LogP contribution in [0.3, 0.4) is 0 Å². The van der Waals surface area contributed by atoms with E-state index >= 15 is 0 Å². The van der Waals surface area contributed by atoms with Gasteiger partial charge in [-0.2, -0.15) is 0 Å². The summed E-state index contributed by atoms with van der Waals surface area (Å²) in [5.41, 5.74) is 2.47. The molecule has 0 spiro atoms. The Morgan fingerprint density at radius 2 is 1.73 bits per heavy atom. The van der Waals surface area contributed by atoms with Crippen molar-refractivity contribution in [3.8, 4) is 0 Å². The topological polar surface area (TPSA) is 76.2 Å². The Labute approximate surface area is 194 Å². The van der Waals surface area contributed by atoms with Crippen molar-refractivity contribution >= 4 is 23.7 Å². The fourth-order valence-electron chi connectivity index (χ4n) is 4.37. The molecular formula is C25H31N5O3. The standard InChI is InChI=1S/C25H31N5O3/c1-17(2)14-15-28-16-21-29(22(23(28)31)19-8-6-5-7-9-19)25(33)27(4)30(21)24(32)26-20-12-10-18(3)11-13-20/h5-13,17,21-22H,14-16H2,1-4H3,(H,26,32)/t21?,22-/m0/s1. The largest absolute Gasteiger partial charge is 0.342 e. The van der Waals surface area contributed by atoms with Crippen LogP contribution in [-0.2, 0) is 4.79 Å². The highest BCUT2D eigenvalue weighted by atomic mass is 16.2. The van der Waals surface area contributed by atoms with Crippen molar-refractivity contribution in [3.63, 3.8) is 0 Å². The van der Waals surface area contributed by atoms with Gasteiger partial charge in [0.05, 0.1) is 6.54 Å². The van der Waals surface area contributed by atoms with E-state index in [-0.39, 0.29) is 18.5 Å². The molecule has 2 aliphatic rings. The van der Waals surface area contributed by atoms with Crippen LogP contribution in [0.4, 0.5) is 15.3 Å². The third-order valence-electron chi connectivity index (χ3n) is 6.23. The normalized spacial score (nSPS) is 20.5. The first-order chi connectivity index (χ1) is 15.8. The minimum absolute atomic E-state index is 0.111. The number of carbonyl (C=O) groups is 3. The fraction of sp³-hybridized carbons (Fsp3) is 0.400. The van der Waals surface area contributed by atoms with Crippen LogP contribution in [0.15, 0.2) is 54.6 Å². The molecule has 8 heteroatoms. The molecule has 2 saturated heterocycles. The van der Waals surface area contributed by atoms with Gasteiger partial charge >= 0.3 is 12.1 Å². The van der Waals surface area contributed by atoms with Gasteiger partial charge in [0.15, 0.2) is 0 Å². The molecular weight excluding hydrogens is 418 g/mol. The quantitative estimate of drug-likeness (QED) is 0.748. The van der Waals surface area contributed by atoms with Crippen molar-refractivity contribution in [2.24, 2.45) is 5.92 Å². The monoisotopic (exact) mass is 449 g/mol. The Morgan fingerprint density at radius 1 is 1.06 bits per heavy atom. The number of amides is 5. The molecule has 0 aliphatic carbocycles. The van der Waals surface area contributed by atoms with Crippen molar-refractivity contribution in [3.05, 3.63) is 65.7 Å². The summed E-state index contributed by atoms with van der Waals surface area (Å²) in [6.45, 7) is 7.06. The number of piperazine rings is 1. The average Bonchev–Trinajstić information content (AvgIpc) is 3.04. The molecule has 2 atom stereocenters. The highest BCUT2D eigenvalue weighted by molar-refractivity contribution is 5.96.